The average molecular weight is 405 g/mol. The van der Waals surface area contributed by atoms with E-state index in [2.05, 4.69) is 17.6 Å². The van der Waals surface area contributed by atoms with Crippen molar-refractivity contribution in [2.24, 2.45) is 0 Å². The Kier molecular flexibility index (Phi) is 9.27. The van der Waals surface area contributed by atoms with Crippen molar-refractivity contribution in [1.82, 2.24) is 10.2 Å². The van der Waals surface area contributed by atoms with E-state index in [0.717, 1.165) is 18.5 Å². The van der Waals surface area contributed by atoms with E-state index in [1.807, 2.05) is 31.2 Å². The van der Waals surface area contributed by atoms with Crippen LogP contribution in [0.5, 0.6) is 5.75 Å². The normalized spacial score (nSPS) is 16.1. The molecule has 0 saturated carbocycles. The number of amides is 2. The third kappa shape index (κ3) is 6.96. The van der Waals surface area contributed by atoms with Crippen molar-refractivity contribution in [3.8, 4) is 5.75 Å². The number of rotatable bonds is 11. The molecule has 29 heavy (non-hydrogen) atoms. The molecule has 0 aromatic heterocycles. The van der Waals surface area contributed by atoms with Gasteiger partial charge in [-0.05, 0) is 25.0 Å². The number of benzene rings is 1. The van der Waals surface area contributed by atoms with Gasteiger partial charge in [-0.2, -0.15) is 0 Å². The minimum absolute atomic E-state index is 0.00192. The topological polar surface area (TPSA) is 97.0 Å². The number of carbonyl (C=O) groups excluding carboxylic acids is 3. The molecule has 8 heteroatoms. The summed E-state index contributed by atoms with van der Waals surface area (Å²) < 4.78 is 10.8. The minimum Gasteiger partial charge on any atom is -0.491 e. The van der Waals surface area contributed by atoms with Crippen molar-refractivity contribution in [1.29, 1.82) is 0 Å². The van der Waals surface area contributed by atoms with Gasteiger partial charge >= 0.3 is 5.97 Å². The molecule has 1 aliphatic rings. The van der Waals surface area contributed by atoms with Crippen molar-refractivity contribution in [2.75, 3.05) is 38.2 Å². The molecule has 8 nitrogen and oxygen atoms in total. The van der Waals surface area contributed by atoms with Gasteiger partial charge in [0, 0.05) is 13.1 Å². The fraction of sp³-hybridized carbons (Fsp3) is 0.571. The number of nitrogens with one attached hydrogen (secondary N) is 2. The zero-order valence-electron chi connectivity index (χ0n) is 17.2. The second-order valence-corrected chi connectivity index (χ2v) is 6.87. The highest BCUT2D eigenvalue weighted by molar-refractivity contribution is 5.93. The monoisotopic (exact) mass is 405 g/mol. The summed E-state index contributed by atoms with van der Waals surface area (Å²) in [5.41, 5.74) is 0.720. The molecule has 1 aliphatic heterocycles. The predicted molar refractivity (Wildman–Crippen MR) is 110 cm³/mol. The molecule has 2 rings (SSSR count). The second kappa shape index (κ2) is 11.9. The van der Waals surface area contributed by atoms with Crippen LogP contribution in [0.3, 0.4) is 0 Å². The van der Waals surface area contributed by atoms with Crippen molar-refractivity contribution in [3.05, 3.63) is 24.3 Å². The summed E-state index contributed by atoms with van der Waals surface area (Å²) >= 11 is 0. The van der Waals surface area contributed by atoms with Crippen molar-refractivity contribution >= 4 is 23.5 Å². The Morgan fingerprint density at radius 1 is 1.21 bits per heavy atom. The Morgan fingerprint density at radius 3 is 2.76 bits per heavy atom. The van der Waals surface area contributed by atoms with E-state index in [1.165, 1.54) is 4.90 Å². The van der Waals surface area contributed by atoms with Gasteiger partial charge in [-0.1, -0.05) is 32.4 Å². The molecule has 1 aromatic rings. The molecule has 0 spiro atoms. The standard InChI is InChI=1S/C21H31N3O5/c1-3-5-13-28-18-9-7-6-8-16(18)23-15-19(25)24-11-10-22-21(27)17(24)14-20(26)29-12-4-2/h6-9,17,23H,3-5,10-15H2,1-2H3,(H,22,27). The zero-order chi connectivity index (χ0) is 21.1. The summed E-state index contributed by atoms with van der Waals surface area (Å²) in [6.07, 6.45) is 2.54. The lowest BCUT2D eigenvalue weighted by atomic mass is 10.1. The highest BCUT2D eigenvalue weighted by atomic mass is 16.5. The van der Waals surface area contributed by atoms with Crippen molar-refractivity contribution in [2.45, 2.75) is 45.6 Å². The molecule has 2 N–H and O–H groups in total. The first-order valence-electron chi connectivity index (χ1n) is 10.2. The molecular weight excluding hydrogens is 374 g/mol. The van der Waals surface area contributed by atoms with Crippen LogP contribution in [0.1, 0.15) is 39.5 Å². The van der Waals surface area contributed by atoms with E-state index in [4.69, 9.17) is 9.47 Å². The Balaban J connectivity index is 1.97. The minimum atomic E-state index is -0.849. The second-order valence-electron chi connectivity index (χ2n) is 6.87. The highest BCUT2D eigenvalue weighted by Gasteiger charge is 2.34. The molecule has 0 aliphatic carbocycles. The number of carbonyl (C=O) groups is 3. The molecule has 1 fully saturated rings. The molecule has 1 unspecified atom stereocenters. The molecular formula is C21H31N3O5. The number of hydrogen-bond acceptors (Lipinski definition) is 6. The van der Waals surface area contributed by atoms with Crippen LogP contribution in [0.25, 0.3) is 0 Å². The fourth-order valence-electron chi connectivity index (χ4n) is 2.99. The van der Waals surface area contributed by atoms with Crippen LogP contribution in [0.4, 0.5) is 5.69 Å². The first-order valence-corrected chi connectivity index (χ1v) is 10.2. The SMILES string of the molecule is CCCCOc1ccccc1NCC(=O)N1CCNC(=O)C1CC(=O)OCCC. The van der Waals surface area contributed by atoms with Gasteiger partial charge in [0.1, 0.15) is 11.8 Å². The van der Waals surface area contributed by atoms with Crippen LogP contribution in [0.15, 0.2) is 24.3 Å². The smallest absolute Gasteiger partial charge is 0.308 e. The van der Waals surface area contributed by atoms with Gasteiger partial charge < -0.3 is 25.0 Å². The van der Waals surface area contributed by atoms with E-state index in [-0.39, 0.29) is 24.8 Å². The Labute approximate surface area is 171 Å². The quantitative estimate of drug-likeness (QED) is 0.431. The number of hydrogen-bond donors (Lipinski definition) is 2. The first kappa shape index (κ1) is 22.5. The fourth-order valence-corrected chi connectivity index (χ4v) is 2.99. The maximum Gasteiger partial charge on any atom is 0.308 e. The number of unbranched alkanes of at least 4 members (excludes halogenated alkanes) is 1. The molecule has 1 heterocycles. The van der Waals surface area contributed by atoms with Gasteiger partial charge in [-0.3, -0.25) is 14.4 Å². The molecule has 2 amide bonds. The van der Waals surface area contributed by atoms with E-state index in [0.29, 0.717) is 38.5 Å². The summed E-state index contributed by atoms with van der Waals surface area (Å²) in [4.78, 5) is 38.4. The number of para-hydroxylation sites is 2. The average Bonchev–Trinajstić information content (AvgIpc) is 2.73. The van der Waals surface area contributed by atoms with Crippen LogP contribution in [-0.4, -0.2) is 61.6 Å². The molecule has 160 valence electrons. The maximum atomic E-state index is 12.8. The van der Waals surface area contributed by atoms with Gasteiger partial charge in [0.15, 0.2) is 0 Å². The lowest BCUT2D eigenvalue weighted by Gasteiger charge is -2.34. The summed E-state index contributed by atoms with van der Waals surface area (Å²) in [5, 5.41) is 5.81. The van der Waals surface area contributed by atoms with Crippen LogP contribution >= 0.6 is 0 Å². The first-order chi connectivity index (χ1) is 14.1. The van der Waals surface area contributed by atoms with Crippen LogP contribution < -0.4 is 15.4 Å². The van der Waals surface area contributed by atoms with Crippen molar-refractivity contribution in [3.63, 3.8) is 0 Å². The summed E-state index contributed by atoms with van der Waals surface area (Å²) in [7, 11) is 0. The van der Waals surface area contributed by atoms with Gasteiger partial charge in [0.2, 0.25) is 11.8 Å². The van der Waals surface area contributed by atoms with Gasteiger partial charge in [0.05, 0.1) is 31.9 Å². The molecule has 0 bridgehead atoms. The number of esters is 1. The summed E-state index contributed by atoms with van der Waals surface area (Å²) in [6.45, 7) is 5.62. The van der Waals surface area contributed by atoms with Crippen molar-refractivity contribution < 1.29 is 23.9 Å². The number of nitrogens with zero attached hydrogens (tertiary/aromatic N) is 1. The zero-order valence-corrected chi connectivity index (χ0v) is 17.2. The van der Waals surface area contributed by atoms with Crippen LogP contribution in [-0.2, 0) is 19.1 Å². The van der Waals surface area contributed by atoms with Crippen LogP contribution in [0, 0.1) is 0 Å². The largest absolute Gasteiger partial charge is 0.491 e. The Hall–Kier alpha value is -2.77. The number of piperazine rings is 1. The molecule has 1 saturated heterocycles. The summed E-state index contributed by atoms with van der Waals surface area (Å²) in [5.74, 6) is -0.378. The lowest BCUT2D eigenvalue weighted by Crippen LogP contribution is -2.58. The number of anilines is 1. The molecule has 1 atom stereocenters. The predicted octanol–water partition coefficient (Wildman–Crippen LogP) is 1.95. The summed E-state index contributed by atoms with van der Waals surface area (Å²) in [6, 6.07) is 6.58. The maximum absolute atomic E-state index is 12.8. The highest BCUT2D eigenvalue weighted by Crippen LogP contribution is 2.24. The van der Waals surface area contributed by atoms with E-state index >= 15 is 0 Å². The molecule has 0 radical (unpaired) electrons. The lowest BCUT2D eigenvalue weighted by molar-refractivity contribution is -0.151. The Bertz CT molecular complexity index is 695. The van der Waals surface area contributed by atoms with Gasteiger partial charge in [-0.15, -0.1) is 0 Å². The van der Waals surface area contributed by atoms with E-state index in [1.54, 1.807) is 0 Å². The van der Waals surface area contributed by atoms with Gasteiger partial charge in [-0.25, -0.2) is 0 Å². The third-order valence-corrected chi connectivity index (χ3v) is 4.55. The Morgan fingerprint density at radius 2 is 2.00 bits per heavy atom. The molecule has 1 aromatic carbocycles. The number of ether oxygens (including phenoxy) is 2. The van der Waals surface area contributed by atoms with E-state index < -0.39 is 12.0 Å². The van der Waals surface area contributed by atoms with E-state index in [9.17, 15) is 14.4 Å². The van der Waals surface area contributed by atoms with Gasteiger partial charge in [0.25, 0.3) is 0 Å². The van der Waals surface area contributed by atoms with Crippen LogP contribution in [0.2, 0.25) is 0 Å². The third-order valence-electron chi connectivity index (χ3n) is 4.55.